The Kier molecular flexibility index (Phi) is 4.43. The molecule has 0 N–H and O–H groups in total. The van der Waals surface area contributed by atoms with E-state index in [2.05, 4.69) is 4.98 Å². The van der Waals surface area contributed by atoms with Gasteiger partial charge in [-0.25, -0.2) is 4.39 Å². The van der Waals surface area contributed by atoms with E-state index in [0.717, 1.165) is 0 Å². The molecule has 0 unspecified atom stereocenters. The molecular weight excluding hydrogens is 309 g/mol. The lowest BCUT2D eigenvalue weighted by Gasteiger charge is -2.06. The first-order valence-corrected chi connectivity index (χ1v) is 7.16. The normalized spacial score (nSPS) is 10.2. The van der Waals surface area contributed by atoms with Crippen LogP contribution in [0.25, 0.3) is 0 Å². The zero-order valence-corrected chi connectivity index (χ0v) is 12.5. The van der Waals surface area contributed by atoms with Crippen molar-refractivity contribution < 1.29 is 18.7 Å². The second-order valence-electron chi connectivity index (χ2n) is 4.98. The number of rotatable bonds is 5. The fraction of sp³-hybridized carbons (Fsp3) is 0. The van der Waals surface area contributed by atoms with Crippen LogP contribution in [0.1, 0.15) is 20.7 Å². The van der Waals surface area contributed by atoms with Crippen molar-refractivity contribution in [1.82, 2.24) is 4.98 Å². The molecule has 0 saturated heterocycles. The number of Topliss-reactive ketones (excluding diaryl/α,β-unsaturated/α-hetero) is 2. The highest BCUT2D eigenvalue weighted by Crippen LogP contribution is 2.22. The lowest BCUT2D eigenvalue weighted by molar-refractivity contribution is 0.0816. The molecule has 0 aliphatic carbocycles. The lowest BCUT2D eigenvalue weighted by Crippen LogP contribution is -2.14. The fourth-order valence-corrected chi connectivity index (χ4v) is 2.07. The van der Waals surface area contributed by atoms with Gasteiger partial charge in [0.05, 0.1) is 0 Å². The number of hydrogen-bond donors (Lipinski definition) is 0. The molecule has 0 aliphatic rings. The van der Waals surface area contributed by atoms with Crippen molar-refractivity contribution in [2.45, 2.75) is 0 Å². The second kappa shape index (κ2) is 6.83. The zero-order chi connectivity index (χ0) is 16.9. The van der Waals surface area contributed by atoms with Gasteiger partial charge < -0.3 is 4.74 Å². The Labute approximate surface area is 137 Å². The molecule has 1 aromatic heterocycles. The quantitative estimate of drug-likeness (QED) is 0.525. The minimum atomic E-state index is -0.615. The molecule has 0 atom stereocenters. The summed E-state index contributed by atoms with van der Waals surface area (Å²) in [5, 5.41) is 0. The smallest absolute Gasteiger partial charge is 0.235 e. The molecule has 2 aromatic carbocycles. The number of hydrogen-bond acceptors (Lipinski definition) is 4. The fourth-order valence-electron chi connectivity index (χ4n) is 2.07. The molecule has 1 heterocycles. The molecule has 0 aliphatic heterocycles. The number of benzene rings is 2. The number of pyridine rings is 1. The van der Waals surface area contributed by atoms with Crippen LogP contribution >= 0.6 is 0 Å². The number of halogens is 1. The standard InChI is InChI=1S/C19H12FNO3/c20-15-5-9-17(10-6-15)24-16-7-3-13(4-8-16)18(22)19(23)14-2-1-11-21-12-14/h1-12H. The largest absolute Gasteiger partial charge is 0.457 e. The van der Waals surface area contributed by atoms with Gasteiger partial charge in [-0.2, -0.15) is 0 Å². The number of aromatic nitrogens is 1. The van der Waals surface area contributed by atoms with Gasteiger partial charge in [0.25, 0.3) is 0 Å². The van der Waals surface area contributed by atoms with E-state index in [-0.39, 0.29) is 16.9 Å². The topological polar surface area (TPSA) is 56.3 Å². The Hall–Kier alpha value is -3.34. The van der Waals surface area contributed by atoms with Gasteiger partial charge in [-0.05, 0) is 60.7 Å². The molecule has 0 bridgehead atoms. The predicted octanol–water partition coefficient (Wildman–Crippen LogP) is 4.08. The average molecular weight is 321 g/mol. The Balaban J connectivity index is 1.73. The molecule has 0 spiro atoms. The van der Waals surface area contributed by atoms with E-state index in [1.165, 1.54) is 48.8 Å². The Morgan fingerprint density at radius 3 is 1.96 bits per heavy atom. The first-order chi connectivity index (χ1) is 11.6. The number of ether oxygens (including phenoxy) is 1. The van der Waals surface area contributed by atoms with Crippen LogP contribution in [0.3, 0.4) is 0 Å². The van der Waals surface area contributed by atoms with E-state index in [1.807, 2.05) is 0 Å². The summed E-state index contributed by atoms with van der Waals surface area (Å²) >= 11 is 0. The van der Waals surface area contributed by atoms with Crippen LogP contribution in [-0.4, -0.2) is 16.6 Å². The number of carbonyl (C=O) groups is 2. The maximum absolute atomic E-state index is 12.9. The van der Waals surface area contributed by atoms with Gasteiger partial charge in [0.15, 0.2) is 0 Å². The van der Waals surface area contributed by atoms with Crippen LogP contribution in [0.2, 0.25) is 0 Å². The highest BCUT2D eigenvalue weighted by Gasteiger charge is 2.18. The molecule has 3 rings (SSSR count). The van der Waals surface area contributed by atoms with E-state index in [0.29, 0.717) is 11.5 Å². The molecule has 5 heteroatoms. The Morgan fingerprint density at radius 1 is 0.792 bits per heavy atom. The van der Waals surface area contributed by atoms with Crippen LogP contribution < -0.4 is 4.74 Å². The summed E-state index contributed by atoms with van der Waals surface area (Å²) in [4.78, 5) is 28.1. The van der Waals surface area contributed by atoms with E-state index in [1.54, 1.807) is 24.3 Å². The molecule has 0 fully saturated rings. The Morgan fingerprint density at radius 2 is 1.38 bits per heavy atom. The van der Waals surface area contributed by atoms with Crippen molar-refractivity contribution in [2.24, 2.45) is 0 Å². The summed E-state index contributed by atoms with van der Waals surface area (Å²) in [5.41, 5.74) is 0.504. The van der Waals surface area contributed by atoms with Crippen LogP contribution in [0, 0.1) is 5.82 Å². The number of carbonyl (C=O) groups excluding carboxylic acids is 2. The third-order valence-corrected chi connectivity index (χ3v) is 3.30. The maximum atomic E-state index is 12.9. The molecule has 0 amide bonds. The lowest BCUT2D eigenvalue weighted by atomic mass is 10.0. The third kappa shape index (κ3) is 3.52. The average Bonchev–Trinajstić information content (AvgIpc) is 2.64. The molecule has 24 heavy (non-hydrogen) atoms. The molecule has 0 radical (unpaired) electrons. The van der Waals surface area contributed by atoms with Gasteiger partial charge in [-0.1, -0.05) is 0 Å². The van der Waals surface area contributed by atoms with Crippen LogP contribution in [0.4, 0.5) is 4.39 Å². The van der Waals surface area contributed by atoms with Crippen molar-refractivity contribution in [3.8, 4) is 11.5 Å². The predicted molar refractivity (Wildman–Crippen MR) is 85.8 cm³/mol. The van der Waals surface area contributed by atoms with Crippen molar-refractivity contribution in [3.63, 3.8) is 0 Å². The van der Waals surface area contributed by atoms with Gasteiger partial charge in [0, 0.05) is 23.5 Å². The molecule has 4 nitrogen and oxygen atoms in total. The van der Waals surface area contributed by atoms with Gasteiger partial charge in [-0.3, -0.25) is 14.6 Å². The third-order valence-electron chi connectivity index (χ3n) is 3.30. The van der Waals surface area contributed by atoms with Crippen molar-refractivity contribution in [1.29, 1.82) is 0 Å². The summed E-state index contributed by atoms with van der Waals surface area (Å²) in [6.45, 7) is 0. The molecular formula is C19H12FNO3. The minimum absolute atomic E-state index is 0.245. The van der Waals surface area contributed by atoms with E-state index in [9.17, 15) is 14.0 Å². The van der Waals surface area contributed by atoms with Gasteiger partial charge in [0.1, 0.15) is 17.3 Å². The van der Waals surface area contributed by atoms with Crippen LogP contribution in [0.15, 0.2) is 73.1 Å². The van der Waals surface area contributed by atoms with E-state index < -0.39 is 11.6 Å². The monoisotopic (exact) mass is 321 g/mol. The van der Waals surface area contributed by atoms with Crippen molar-refractivity contribution in [2.75, 3.05) is 0 Å². The van der Waals surface area contributed by atoms with Gasteiger partial charge >= 0.3 is 0 Å². The van der Waals surface area contributed by atoms with Crippen molar-refractivity contribution in [3.05, 3.63) is 90.0 Å². The summed E-state index contributed by atoms with van der Waals surface area (Å²) < 4.78 is 18.4. The second-order valence-corrected chi connectivity index (χ2v) is 4.98. The highest BCUT2D eigenvalue weighted by atomic mass is 19.1. The minimum Gasteiger partial charge on any atom is -0.457 e. The molecule has 118 valence electrons. The van der Waals surface area contributed by atoms with Gasteiger partial charge in [-0.15, -0.1) is 0 Å². The van der Waals surface area contributed by atoms with E-state index in [4.69, 9.17) is 4.74 Å². The van der Waals surface area contributed by atoms with Crippen LogP contribution in [-0.2, 0) is 0 Å². The van der Waals surface area contributed by atoms with E-state index >= 15 is 0 Å². The highest BCUT2D eigenvalue weighted by molar-refractivity contribution is 6.49. The first-order valence-electron chi connectivity index (χ1n) is 7.16. The van der Waals surface area contributed by atoms with Gasteiger partial charge in [0.2, 0.25) is 11.6 Å². The first kappa shape index (κ1) is 15.6. The maximum Gasteiger partial charge on any atom is 0.235 e. The molecule has 3 aromatic rings. The number of ketones is 2. The summed E-state index contributed by atoms with van der Waals surface area (Å²) in [7, 11) is 0. The van der Waals surface area contributed by atoms with Crippen molar-refractivity contribution >= 4 is 11.6 Å². The summed E-state index contributed by atoms with van der Waals surface area (Å²) in [6, 6.07) is 14.9. The summed E-state index contributed by atoms with van der Waals surface area (Å²) in [5.74, 6) is -0.627. The molecule has 0 saturated carbocycles. The SMILES string of the molecule is O=C(C(=O)c1cccnc1)c1ccc(Oc2ccc(F)cc2)cc1. The Bertz CT molecular complexity index is 859. The zero-order valence-electron chi connectivity index (χ0n) is 12.5. The summed E-state index contributed by atoms with van der Waals surface area (Å²) in [6.07, 6.45) is 2.88. The van der Waals surface area contributed by atoms with Crippen LogP contribution in [0.5, 0.6) is 11.5 Å². The number of nitrogens with zero attached hydrogens (tertiary/aromatic N) is 1.